The molecule has 3 aliphatic heterocycles. The molecule has 0 N–H and O–H groups in total. The van der Waals surface area contributed by atoms with Gasteiger partial charge in [0.2, 0.25) is 0 Å². The molecule has 5 rings (SSSR count). The van der Waals surface area contributed by atoms with E-state index in [0.717, 1.165) is 16.5 Å². The van der Waals surface area contributed by atoms with E-state index in [1.54, 1.807) is 9.80 Å². The van der Waals surface area contributed by atoms with Gasteiger partial charge >= 0.3 is 0 Å². The monoisotopic (exact) mass is 432 g/mol. The SMILES string of the molecule is Cc1ccsc1C(=O)N1CCC2(CC1)O[C@@H]1CC[C@@H](c3cc(F)cc(F)c3)N1C2=O. The van der Waals surface area contributed by atoms with Crippen molar-refractivity contribution in [2.45, 2.75) is 50.5 Å². The summed E-state index contributed by atoms with van der Waals surface area (Å²) in [5.41, 5.74) is 0.477. The van der Waals surface area contributed by atoms with Crippen LogP contribution < -0.4 is 0 Å². The lowest BCUT2D eigenvalue weighted by Crippen LogP contribution is -2.51. The van der Waals surface area contributed by atoms with Crippen LogP contribution in [0.2, 0.25) is 0 Å². The molecule has 5 nitrogen and oxygen atoms in total. The second-order valence-electron chi connectivity index (χ2n) is 8.30. The molecule has 3 saturated heterocycles. The summed E-state index contributed by atoms with van der Waals surface area (Å²) in [6.07, 6.45) is 1.72. The van der Waals surface area contributed by atoms with Gasteiger partial charge in [-0.05, 0) is 54.5 Å². The Kier molecular flexibility index (Phi) is 4.67. The maximum atomic E-state index is 13.7. The van der Waals surface area contributed by atoms with Crippen molar-refractivity contribution in [3.8, 4) is 0 Å². The van der Waals surface area contributed by atoms with Crippen LogP contribution in [-0.4, -0.2) is 46.5 Å². The second-order valence-corrected chi connectivity index (χ2v) is 9.22. The summed E-state index contributed by atoms with van der Waals surface area (Å²) in [5.74, 6) is -1.42. The zero-order chi connectivity index (χ0) is 21.0. The van der Waals surface area contributed by atoms with Gasteiger partial charge in [0.1, 0.15) is 17.9 Å². The van der Waals surface area contributed by atoms with E-state index < -0.39 is 17.2 Å². The minimum atomic E-state index is -0.948. The molecule has 0 unspecified atom stereocenters. The molecule has 0 aliphatic carbocycles. The van der Waals surface area contributed by atoms with Crippen molar-refractivity contribution in [3.05, 3.63) is 57.3 Å². The summed E-state index contributed by atoms with van der Waals surface area (Å²) in [6.45, 7) is 2.81. The van der Waals surface area contributed by atoms with Crippen LogP contribution in [0.4, 0.5) is 8.78 Å². The highest BCUT2D eigenvalue weighted by Gasteiger charge is 2.58. The highest BCUT2D eigenvalue weighted by Crippen LogP contribution is 2.47. The number of rotatable bonds is 2. The number of benzene rings is 1. The van der Waals surface area contributed by atoms with E-state index in [1.807, 2.05) is 18.4 Å². The zero-order valence-corrected chi connectivity index (χ0v) is 17.4. The van der Waals surface area contributed by atoms with Gasteiger partial charge in [0.15, 0.2) is 5.60 Å². The van der Waals surface area contributed by atoms with Crippen molar-refractivity contribution in [2.24, 2.45) is 0 Å². The minimum absolute atomic E-state index is 0.00333. The Morgan fingerprint density at radius 2 is 1.87 bits per heavy atom. The molecule has 30 heavy (non-hydrogen) atoms. The number of carbonyl (C=O) groups is 2. The number of hydrogen-bond donors (Lipinski definition) is 0. The Morgan fingerprint density at radius 3 is 2.50 bits per heavy atom. The molecule has 2 atom stereocenters. The number of thiophene rings is 1. The van der Waals surface area contributed by atoms with Gasteiger partial charge in [-0.1, -0.05) is 0 Å². The molecule has 0 radical (unpaired) electrons. The Labute approximate surface area is 177 Å². The van der Waals surface area contributed by atoms with Crippen LogP contribution in [0.5, 0.6) is 0 Å². The van der Waals surface area contributed by atoms with Crippen LogP contribution in [-0.2, 0) is 9.53 Å². The fraction of sp³-hybridized carbons (Fsp3) is 0.455. The summed E-state index contributed by atoms with van der Waals surface area (Å²) < 4.78 is 33.7. The average molecular weight is 432 g/mol. The van der Waals surface area contributed by atoms with Gasteiger partial charge in [-0.15, -0.1) is 11.3 Å². The number of carbonyl (C=O) groups excluding carboxylic acids is 2. The number of fused-ring (bicyclic) bond motifs is 1. The molecular weight excluding hydrogens is 410 g/mol. The summed E-state index contributed by atoms with van der Waals surface area (Å²) >= 11 is 1.43. The van der Waals surface area contributed by atoms with Gasteiger partial charge in [0.05, 0.1) is 10.9 Å². The Bertz CT molecular complexity index is 995. The van der Waals surface area contributed by atoms with Gasteiger partial charge in [-0.2, -0.15) is 0 Å². The van der Waals surface area contributed by atoms with E-state index in [-0.39, 0.29) is 24.1 Å². The van der Waals surface area contributed by atoms with E-state index in [9.17, 15) is 18.4 Å². The molecule has 1 aromatic heterocycles. The van der Waals surface area contributed by atoms with Crippen molar-refractivity contribution < 1.29 is 23.1 Å². The molecular formula is C22H22F2N2O3S. The highest BCUT2D eigenvalue weighted by atomic mass is 32.1. The lowest BCUT2D eigenvalue weighted by Gasteiger charge is -2.37. The van der Waals surface area contributed by atoms with Crippen LogP contribution in [0.3, 0.4) is 0 Å². The largest absolute Gasteiger partial charge is 0.342 e. The molecule has 2 amide bonds. The molecule has 2 aromatic rings. The Balaban J connectivity index is 1.33. The Hall–Kier alpha value is -2.32. The normalized spacial score (nSPS) is 25.2. The summed E-state index contributed by atoms with van der Waals surface area (Å²) in [5, 5.41) is 1.90. The molecule has 1 aromatic carbocycles. The first-order valence-electron chi connectivity index (χ1n) is 10.2. The number of likely N-dealkylation sites (tertiary alicyclic amines) is 1. The average Bonchev–Trinajstić information content (AvgIpc) is 3.38. The van der Waals surface area contributed by atoms with Crippen LogP contribution in [0.1, 0.15) is 52.5 Å². The lowest BCUT2D eigenvalue weighted by molar-refractivity contribution is -0.142. The van der Waals surface area contributed by atoms with E-state index in [2.05, 4.69) is 0 Å². The minimum Gasteiger partial charge on any atom is -0.342 e. The smallest absolute Gasteiger partial charge is 0.264 e. The number of ether oxygens (including phenoxy) is 1. The van der Waals surface area contributed by atoms with Crippen molar-refractivity contribution in [1.29, 1.82) is 0 Å². The summed E-state index contributed by atoms with van der Waals surface area (Å²) in [7, 11) is 0. The fourth-order valence-corrected chi connectivity index (χ4v) is 5.84. The third-order valence-electron chi connectivity index (χ3n) is 6.50. The quantitative estimate of drug-likeness (QED) is 0.720. The molecule has 0 bridgehead atoms. The van der Waals surface area contributed by atoms with Crippen molar-refractivity contribution in [2.75, 3.05) is 13.1 Å². The van der Waals surface area contributed by atoms with Gasteiger partial charge in [-0.25, -0.2) is 8.78 Å². The highest BCUT2D eigenvalue weighted by molar-refractivity contribution is 7.12. The first kappa shape index (κ1) is 19.6. The number of halogens is 2. The zero-order valence-electron chi connectivity index (χ0n) is 16.6. The Morgan fingerprint density at radius 1 is 1.17 bits per heavy atom. The molecule has 4 heterocycles. The van der Waals surface area contributed by atoms with Crippen LogP contribution in [0, 0.1) is 18.6 Å². The lowest BCUT2D eigenvalue weighted by atomic mass is 9.89. The molecule has 1 spiro atoms. The van der Waals surface area contributed by atoms with Gasteiger partial charge < -0.3 is 14.5 Å². The third-order valence-corrected chi connectivity index (χ3v) is 7.51. The maximum Gasteiger partial charge on any atom is 0.264 e. The molecule has 3 fully saturated rings. The van der Waals surface area contributed by atoms with E-state index in [4.69, 9.17) is 4.74 Å². The first-order chi connectivity index (χ1) is 14.4. The van der Waals surface area contributed by atoms with Crippen LogP contribution >= 0.6 is 11.3 Å². The standard InChI is InChI=1S/C22H22F2N2O3S/c1-13-4-9-30-19(13)20(27)25-7-5-22(6-8-25)21(28)26-17(2-3-18(26)29-22)14-10-15(23)12-16(24)11-14/h4,9-12,17-18H,2-3,5-8H2,1H3/t17-,18+/m0/s1. The molecule has 8 heteroatoms. The predicted octanol–water partition coefficient (Wildman–Crippen LogP) is 4.03. The topological polar surface area (TPSA) is 49.9 Å². The van der Waals surface area contributed by atoms with E-state index in [1.165, 1.54) is 23.5 Å². The summed E-state index contributed by atoms with van der Waals surface area (Å²) in [4.78, 5) is 30.4. The molecule has 3 aliphatic rings. The number of aryl methyl sites for hydroxylation is 1. The van der Waals surface area contributed by atoms with E-state index in [0.29, 0.717) is 44.3 Å². The van der Waals surface area contributed by atoms with Crippen molar-refractivity contribution in [1.82, 2.24) is 9.80 Å². The van der Waals surface area contributed by atoms with E-state index >= 15 is 0 Å². The number of piperidine rings is 1. The maximum absolute atomic E-state index is 13.7. The number of amides is 2. The predicted molar refractivity (Wildman–Crippen MR) is 107 cm³/mol. The molecule has 0 saturated carbocycles. The second kappa shape index (κ2) is 7.13. The van der Waals surface area contributed by atoms with Crippen LogP contribution in [0.25, 0.3) is 0 Å². The van der Waals surface area contributed by atoms with Crippen molar-refractivity contribution in [3.63, 3.8) is 0 Å². The number of nitrogens with zero attached hydrogens (tertiary/aromatic N) is 2. The van der Waals surface area contributed by atoms with Crippen LogP contribution in [0.15, 0.2) is 29.6 Å². The van der Waals surface area contributed by atoms with Crippen molar-refractivity contribution >= 4 is 23.2 Å². The number of hydrogen-bond acceptors (Lipinski definition) is 4. The fourth-order valence-electron chi connectivity index (χ4n) is 4.95. The third kappa shape index (κ3) is 3.04. The van der Waals surface area contributed by atoms with Gasteiger partial charge in [0.25, 0.3) is 11.8 Å². The summed E-state index contributed by atoms with van der Waals surface area (Å²) in [6, 6.07) is 4.96. The molecule has 158 valence electrons. The van der Waals surface area contributed by atoms with Gasteiger partial charge in [-0.3, -0.25) is 9.59 Å². The first-order valence-corrected chi connectivity index (χ1v) is 11.1. The van der Waals surface area contributed by atoms with Gasteiger partial charge in [0, 0.05) is 32.0 Å².